The Bertz CT molecular complexity index is 727. The molecule has 1 aromatic carbocycles. The molecule has 3 fully saturated rings. The normalized spacial score (nSPS) is 34.4. The molecule has 4 rings (SSSR count). The zero-order valence-corrected chi connectivity index (χ0v) is 19.5. The summed E-state index contributed by atoms with van der Waals surface area (Å²) in [5.74, 6) is 3.68. The van der Waals surface area contributed by atoms with E-state index in [4.69, 9.17) is 27.7 Å². The van der Waals surface area contributed by atoms with Gasteiger partial charge < -0.3 is 27.7 Å². The number of rotatable bonds is 5. The number of benzene rings is 1. The molecule has 0 aliphatic heterocycles. The highest BCUT2D eigenvalue weighted by Gasteiger charge is 2.31. The zero-order valence-electron chi connectivity index (χ0n) is 19.5. The summed E-state index contributed by atoms with van der Waals surface area (Å²) in [7, 11) is 0. The summed E-state index contributed by atoms with van der Waals surface area (Å²) in [4.78, 5) is 0. The molecule has 0 unspecified atom stereocenters. The molecule has 0 radical (unpaired) electrons. The SMILES string of the molecule is Cc1c(N)c(OCC2CCC(C3CCC(N)CC3)CC2)cc(N)c1C1CCC(N)CC1. The van der Waals surface area contributed by atoms with Crippen molar-refractivity contribution in [3.8, 4) is 5.75 Å². The summed E-state index contributed by atoms with van der Waals surface area (Å²) >= 11 is 0. The summed E-state index contributed by atoms with van der Waals surface area (Å²) < 4.78 is 6.25. The quantitative estimate of drug-likeness (QED) is 0.501. The van der Waals surface area contributed by atoms with E-state index in [0.717, 1.165) is 66.8 Å². The third-order valence-electron chi connectivity index (χ3n) is 8.70. The lowest BCUT2D eigenvalue weighted by Crippen LogP contribution is -2.31. The minimum Gasteiger partial charge on any atom is -0.491 e. The van der Waals surface area contributed by atoms with E-state index in [1.165, 1.54) is 56.9 Å². The van der Waals surface area contributed by atoms with Crippen molar-refractivity contribution in [2.45, 2.75) is 102 Å². The summed E-state index contributed by atoms with van der Waals surface area (Å²) in [5.41, 5.74) is 29.1. The van der Waals surface area contributed by atoms with Gasteiger partial charge in [0, 0.05) is 23.8 Å². The topological polar surface area (TPSA) is 113 Å². The molecule has 0 bridgehead atoms. The van der Waals surface area contributed by atoms with Crippen molar-refractivity contribution in [3.05, 3.63) is 17.2 Å². The Morgan fingerprint density at radius 1 is 0.774 bits per heavy atom. The highest BCUT2D eigenvalue weighted by atomic mass is 16.5. The second-order valence-electron chi connectivity index (χ2n) is 10.8. The fraction of sp³-hybridized carbons (Fsp3) is 0.769. The largest absolute Gasteiger partial charge is 0.491 e. The van der Waals surface area contributed by atoms with Crippen molar-refractivity contribution in [1.82, 2.24) is 0 Å². The Balaban J connectivity index is 1.31. The predicted octanol–water partition coefficient (Wildman–Crippen LogP) is 4.85. The van der Waals surface area contributed by atoms with Gasteiger partial charge in [0.2, 0.25) is 0 Å². The number of hydrogen-bond acceptors (Lipinski definition) is 5. The summed E-state index contributed by atoms with van der Waals surface area (Å²) in [5, 5.41) is 0. The van der Waals surface area contributed by atoms with Crippen LogP contribution in [0.1, 0.15) is 94.1 Å². The van der Waals surface area contributed by atoms with Crippen molar-refractivity contribution >= 4 is 11.4 Å². The van der Waals surface area contributed by atoms with E-state index in [9.17, 15) is 0 Å². The van der Waals surface area contributed by atoms with Gasteiger partial charge in [-0.05, 0) is 119 Å². The molecule has 0 amide bonds. The molecule has 3 aliphatic carbocycles. The number of nitrogens with two attached hydrogens (primary N) is 4. The van der Waals surface area contributed by atoms with Gasteiger partial charge in [0.1, 0.15) is 5.75 Å². The van der Waals surface area contributed by atoms with E-state index < -0.39 is 0 Å². The Morgan fingerprint density at radius 3 is 1.87 bits per heavy atom. The van der Waals surface area contributed by atoms with E-state index in [-0.39, 0.29) is 0 Å². The first-order chi connectivity index (χ1) is 14.9. The predicted molar refractivity (Wildman–Crippen MR) is 130 cm³/mol. The maximum atomic E-state index is 6.52. The molecular weight excluding hydrogens is 384 g/mol. The summed E-state index contributed by atoms with van der Waals surface area (Å²) in [6.45, 7) is 2.85. The molecule has 174 valence electrons. The van der Waals surface area contributed by atoms with Gasteiger partial charge in [0.25, 0.3) is 0 Å². The lowest BCUT2D eigenvalue weighted by Gasteiger charge is -2.37. The van der Waals surface area contributed by atoms with E-state index in [0.29, 0.717) is 23.9 Å². The summed E-state index contributed by atoms with van der Waals surface area (Å²) in [6.07, 6.45) is 14.7. The van der Waals surface area contributed by atoms with Crippen LogP contribution >= 0.6 is 0 Å². The lowest BCUT2D eigenvalue weighted by molar-refractivity contribution is 0.132. The molecule has 0 saturated heterocycles. The van der Waals surface area contributed by atoms with Crippen LogP contribution in [0.4, 0.5) is 11.4 Å². The maximum Gasteiger partial charge on any atom is 0.144 e. The van der Waals surface area contributed by atoms with Crippen molar-refractivity contribution in [3.63, 3.8) is 0 Å². The fourth-order valence-corrected chi connectivity index (χ4v) is 6.56. The van der Waals surface area contributed by atoms with Gasteiger partial charge in [-0.25, -0.2) is 0 Å². The molecular formula is C26H44N4O. The van der Waals surface area contributed by atoms with Crippen LogP contribution in [-0.2, 0) is 0 Å². The van der Waals surface area contributed by atoms with Crippen molar-refractivity contribution < 1.29 is 4.74 Å². The van der Waals surface area contributed by atoms with Crippen LogP contribution in [0.5, 0.6) is 5.75 Å². The monoisotopic (exact) mass is 428 g/mol. The van der Waals surface area contributed by atoms with Crippen LogP contribution in [0.3, 0.4) is 0 Å². The van der Waals surface area contributed by atoms with Gasteiger partial charge in [-0.2, -0.15) is 0 Å². The Morgan fingerprint density at radius 2 is 1.29 bits per heavy atom. The maximum absolute atomic E-state index is 6.52. The molecule has 5 nitrogen and oxygen atoms in total. The first-order valence-corrected chi connectivity index (χ1v) is 12.7. The van der Waals surface area contributed by atoms with Crippen LogP contribution in [0.2, 0.25) is 0 Å². The Hall–Kier alpha value is -1.46. The number of nitrogen functional groups attached to an aromatic ring is 2. The third kappa shape index (κ3) is 5.31. The van der Waals surface area contributed by atoms with Gasteiger partial charge in [0.15, 0.2) is 0 Å². The van der Waals surface area contributed by atoms with Gasteiger partial charge in [-0.1, -0.05) is 0 Å². The van der Waals surface area contributed by atoms with Crippen LogP contribution < -0.4 is 27.7 Å². The van der Waals surface area contributed by atoms with Gasteiger partial charge in [-0.15, -0.1) is 0 Å². The van der Waals surface area contributed by atoms with Crippen molar-refractivity contribution in [2.75, 3.05) is 18.1 Å². The minimum atomic E-state index is 0.337. The molecule has 0 spiro atoms. The number of hydrogen-bond donors (Lipinski definition) is 4. The second-order valence-corrected chi connectivity index (χ2v) is 10.8. The van der Waals surface area contributed by atoms with Gasteiger partial charge in [-0.3, -0.25) is 0 Å². The Kier molecular flexibility index (Phi) is 7.33. The Labute approximate surface area is 188 Å². The molecule has 1 aromatic rings. The highest BCUT2D eigenvalue weighted by molar-refractivity contribution is 5.70. The van der Waals surface area contributed by atoms with Gasteiger partial charge in [0.05, 0.1) is 12.3 Å². The molecule has 0 atom stereocenters. The standard InChI is InChI=1S/C26H44N4O/c1-16-25(20-8-12-22(28)13-9-20)23(29)14-24(26(16)30)31-15-17-2-4-18(5-3-17)19-6-10-21(27)11-7-19/h14,17-22H,2-13,15,27-30H2,1H3. The molecule has 0 heterocycles. The van der Waals surface area contributed by atoms with Crippen LogP contribution in [0, 0.1) is 24.7 Å². The molecule has 31 heavy (non-hydrogen) atoms. The average Bonchev–Trinajstić information content (AvgIpc) is 2.77. The van der Waals surface area contributed by atoms with Crippen molar-refractivity contribution in [1.29, 1.82) is 0 Å². The van der Waals surface area contributed by atoms with E-state index >= 15 is 0 Å². The van der Waals surface area contributed by atoms with Crippen molar-refractivity contribution in [2.24, 2.45) is 29.2 Å². The summed E-state index contributed by atoms with van der Waals surface area (Å²) in [6, 6.07) is 2.76. The molecule has 3 saturated carbocycles. The van der Waals surface area contributed by atoms with Crippen LogP contribution in [0.15, 0.2) is 6.07 Å². The number of ether oxygens (including phenoxy) is 1. The first-order valence-electron chi connectivity index (χ1n) is 12.7. The fourth-order valence-electron chi connectivity index (χ4n) is 6.56. The second kappa shape index (κ2) is 9.99. The van der Waals surface area contributed by atoms with Gasteiger partial charge >= 0.3 is 0 Å². The molecule has 5 heteroatoms. The van der Waals surface area contributed by atoms with E-state index in [1.54, 1.807) is 0 Å². The third-order valence-corrected chi connectivity index (χ3v) is 8.70. The molecule has 3 aliphatic rings. The molecule has 0 aromatic heterocycles. The van der Waals surface area contributed by atoms with Crippen LogP contribution in [-0.4, -0.2) is 18.7 Å². The number of anilines is 2. The average molecular weight is 429 g/mol. The smallest absolute Gasteiger partial charge is 0.144 e. The first kappa shape index (κ1) is 22.7. The van der Waals surface area contributed by atoms with Crippen LogP contribution in [0.25, 0.3) is 0 Å². The minimum absolute atomic E-state index is 0.337. The zero-order chi connectivity index (χ0) is 22.0. The van der Waals surface area contributed by atoms with E-state index in [1.807, 2.05) is 6.07 Å². The lowest BCUT2D eigenvalue weighted by atomic mass is 9.70. The highest BCUT2D eigenvalue weighted by Crippen LogP contribution is 2.43. The van der Waals surface area contributed by atoms with E-state index in [2.05, 4.69) is 6.92 Å². The molecule has 8 N–H and O–H groups in total.